The number of dihydropyridines is 1. The van der Waals surface area contributed by atoms with Crippen LogP contribution in [-0.2, 0) is 0 Å². The van der Waals surface area contributed by atoms with E-state index in [4.69, 9.17) is 0 Å². The summed E-state index contributed by atoms with van der Waals surface area (Å²) in [5, 5.41) is 10.2. The van der Waals surface area contributed by atoms with Gasteiger partial charge in [-0.2, -0.15) is 0 Å². The Kier molecular flexibility index (Phi) is 4.48. The first kappa shape index (κ1) is 17.8. The fourth-order valence-electron chi connectivity index (χ4n) is 4.62. The fourth-order valence-corrected chi connectivity index (χ4v) is 4.62. The maximum absolute atomic E-state index is 3.41. The van der Waals surface area contributed by atoms with Crippen LogP contribution in [0.1, 0.15) is 26.7 Å². The van der Waals surface area contributed by atoms with E-state index in [0.717, 1.165) is 19.4 Å². The van der Waals surface area contributed by atoms with Crippen molar-refractivity contribution in [2.75, 3.05) is 6.54 Å². The van der Waals surface area contributed by atoms with Gasteiger partial charge in [-0.1, -0.05) is 60.7 Å². The van der Waals surface area contributed by atoms with Crippen molar-refractivity contribution in [1.82, 2.24) is 9.88 Å². The number of nitrogens with one attached hydrogen (secondary N) is 1. The lowest BCUT2D eigenvalue weighted by Crippen LogP contribution is -2.33. The standard InChI is InChI=1S/C27H26N2/c1-3-4-5-10-21-11-8-13-24-26(21)27-23-12-7-6-9-20(23)14-15-25(27)29(24)22-16-17-28-19(2)18-22/h3-7,9-10,12-16,18,28H,8,11,17H2,1-2H3/b4-3-,10-5-. The van der Waals surface area contributed by atoms with E-state index in [1.54, 1.807) is 0 Å². The van der Waals surface area contributed by atoms with Gasteiger partial charge in [0, 0.05) is 28.5 Å². The molecule has 0 atom stereocenters. The predicted octanol–water partition coefficient (Wildman–Crippen LogP) is 5.00. The smallest absolute Gasteiger partial charge is 0.0547 e. The first-order valence-corrected chi connectivity index (χ1v) is 10.5. The molecule has 0 spiro atoms. The van der Waals surface area contributed by atoms with Gasteiger partial charge in [-0.05, 0) is 61.3 Å². The number of hydrogen-bond donors (Lipinski definition) is 1. The maximum Gasteiger partial charge on any atom is 0.0547 e. The number of rotatable bonds is 3. The lowest BCUT2D eigenvalue weighted by atomic mass is 9.98. The van der Waals surface area contributed by atoms with E-state index < -0.39 is 0 Å². The zero-order valence-corrected chi connectivity index (χ0v) is 17.1. The Morgan fingerprint density at radius 1 is 1.03 bits per heavy atom. The number of hydrogen-bond acceptors (Lipinski definition) is 1. The van der Waals surface area contributed by atoms with Gasteiger partial charge >= 0.3 is 0 Å². The van der Waals surface area contributed by atoms with Crippen molar-refractivity contribution in [3.63, 3.8) is 0 Å². The number of nitrogens with zero attached hydrogens (tertiary/aromatic N) is 1. The molecule has 0 amide bonds. The largest absolute Gasteiger partial charge is 0.385 e. The molecule has 3 aromatic rings. The van der Waals surface area contributed by atoms with E-state index in [0.29, 0.717) is 0 Å². The van der Waals surface area contributed by atoms with Crippen molar-refractivity contribution >= 4 is 39.0 Å². The van der Waals surface area contributed by atoms with Crippen molar-refractivity contribution in [1.29, 1.82) is 0 Å². The van der Waals surface area contributed by atoms with Crippen LogP contribution in [0.3, 0.4) is 0 Å². The molecule has 0 saturated heterocycles. The van der Waals surface area contributed by atoms with Gasteiger partial charge in [0.05, 0.1) is 10.9 Å². The molecule has 144 valence electrons. The summed E-state index contributed by atoms with van der Waals surface area (Å²) in [5.74, 6) is 0. The number of fused-ring (bicyclic) bond motifs is 5. The summed E-state index contributed by atoms with van der Waals surface area (Å²) in [6.07, 6.45) is 17.8. The van der Waals surface area contributed by atoms with Gasteiger partial charge < -0.3 is 9.88 Å². The van der Waals surface area contributed by atoms with Crippen molar-refractivity contribution < 1.29 is 0 Å². The Labute approximate surface area is 171 Å². The Morgan fingerprint density at radius 2 is 1.93 bits per heavy atom. The highest BCUT2D eigenvalue weighted by Crippen LogP contribution is 2.27. The second-order valence-corrected chi connectivity index (χ2v) is 7.77. The molecule has 0 radical (unpaired) electrons. The quantitative estimate of drug-likeness (QED) is 0.635. The molecule has 2 aliphatic rings. The average Bonchev–Trinajstić information content (AvgIpc) is 3.09. The second-order valence-electron chi connectivity index (χ2n) is 7.77. The number of allylic oxidation sites excluding steroid dienone is 7. The summed E-state index contributed by atoms with van der Waals surface area (Å²) in [5.41, 5.74) is 5.20. The van der Waals surface area contributed by atoms with E-state index in [-0.39, 0.29) is 0 Å². The Bertz CT molecular complexity index is 1360. The second kappa shape index (κ2) is 7.29. The van der Waals surface area contributed by atoms with E-state index in [1.165, 1.54) is 49.2 Å². The Hall–Kier alpha value is -3.26. The van der Waals surface area contributed by atoms with E-state index in [2.05, 4.69) is 103 Å². The minimum Gasteiger partial charge on any atom is -0.385 e. The lowest BCUT2D eigenvalue weighted by molar-refractivity contribution is 0.880. The van der Waals surface area contributed by atoms with E-state index in [1.807, 2.05) is 0 Å². The molecular weight excluding hydrogens is 352 g/mol. The van der Waals surface area contributed by atoms with Gasteiger partial charge in [-0.3, -0.25) is 0 Å². The fraction of sp³-hybridized carbons (Fsp3) is 0.185. The molecule has 1 aliphatic carbocycles. The normalized spacial score (nSPS) is 16.8. The molecule has 0 fully saturated rings. The molecule has 0 bridgehead atoms. The van der Waals surface area contributed by atoms with Crippen LogP contribution in [-0.4, -0.2) is 11.1 Å². The van der Waals surface area contributed by atoms with Crippen LogP contribution in [0.15, 0.2) is 78.6 Å². The molecule has 2 nitrogen and oxygen atoms in total. The van der Waals surface area contributed by atoms with Crippen LogP contribution in [0.4, 0.5) is 0 Å². The highest BCUT2D eigenvalue weighted by atomic mass is 15.0. The van der Waals surface area contributed by atoms with Crippen LogP contribution in [0.25, 0.3) is 39.0 Å². The third-order valence-corrected chi connectivity index (χ3v) is 5.88. The SMILES string of the molecule is C/C=C\C=C/C1=c2c(n(C3=CCNC(C)=C3)c3ccc4ccccc4c23)=CCC1. The number of benzene rings is 2. The Morgan fingerprint density at radius 3 is 2.79 bits per heavy atom. The van der Waals surface area contributed by atoms with Crippen LogP contribution in [0, 0.1) is 0 Å². The molecule has 0 unspecified atom stereocenters. The van der Waals surface area contributed by atoms with Gasteiger partial charge in [0.1, 0.15) is 0 Å². The maximum atomic E-state index is 3.41. The first-order chi connectivity index (χ1) is 14.3. The monoisotopic (exact) mass is 378 g/mol. The zero-order chi connectivity index (χ0) is 19.8. The summed E-state index contributed by atoms with van der Waals surface area (Å²) >= 11 is 0. The van der Waals surface area contributed by atoms with Crippen LogP contribution in [0.2, 0.25) is 0 Å². The van der Waals surface area contributed by atoms with E-state index >= 15 is 0 Å². The molecule has 5 rings (SSSR count). The summed E-state index contributed by atoms with van der Waals surface area (Å²) in [6, 6.07) is 13.3. The summed E-state index contributed by atoms with van der Waals surface area (Å²) < 4.78 is 2.46. The molecule has 2 heteroatoms. The molecule has 1 N–H and O–H groups in total. The highest BCUT2D eigenvalue weighted by molar-refractivity contribution is 6.09. The van der Waals surface area contributed by atoms with Gasteiger partial charge in [-0.15, -0.1) is 0 Å². The zero-order valence-electron chi connectivity index (χ0n) is 17.1. The van der Waals surface area contributed by atoms with Crippen molar-refractivity contribution in [2.45, 2.75) is 26.7 Å². The predicted molar refractivity (Wildman–Crippen MR) is 126 cm³/mol. The van der Waals surface area contributed by atoms with Gasteiger partial charge in [0.25, 0.3) is 0 Å². The first-order valence-electron chi connectivity index (χ1n) is 10.5. The topological polar surface area (TPSA) is 17.0 Å². The van der Waals surface area contributed by atoms with Gasteiger partial charge in [0.2, 0.25) is 0 Å². The molecule has 2 aromatic carbocycles. The van der Waals surface area contributed by atoms with E-state index in [9.17, 15) is 0 Å². The minimum atomic E-state index is 0.872. The van der Waals surface area contributed by atoms with Gasteiger partial charge in [0.15, 0.2) is 0 Å². The van der Waals surface area contributed by atoms with Crippen LogP contribution >= 0.6 is 0 Å². The van der Waals surface area contributed by atoms with Crippen molar-refractivity contribution in [2.24, 2.45) is 0 Å². The minimum absolute atomic E-state index is 0.872. The van der Waals surface area contributed by atoms with Crippen molar-refractivity contribution in [3.05, 3.63) is 89.1 Å². The average molecular weight is 379 g/mol. The Balaban J connectivity index is 1.98. The summed E-state index contributed by atoms with van der Waals surface area (Å²) in [6.45, 7) is 5.08. The van der Waals surface area contributed by atoms with Crippen LogP contribution in [0.5, 0.6) is 0 Å². The van der Waals surface area contributed by atoms with Gasteiger partial charge in [-0.25, -0.2) is 0 Å². The van der Waals surface area contributed by atoms with Crippen molar-refractivity contribution in [3.8, 4) is 0 Å². The number of aromatic nitrogens is 1. The lowest BCUT2D eigenvalue weighted by Gasteiger charge is -2.16. The summed E-state index contributed by atoms with van der Waals surface area (Å²) in [4.78, 5) is 0. The van der Waals surface area contributed by atoms with Crippen LogP contribution < -0.4 is 15.9 Å². The molecule has 1 aromatic heterocycles. The molecule has 0 saturated carbocycles. The third-order valence-electron chi connectivity index (χ3n) is 5.88. The molecular formula is C27H26N2. The molecule has 1 aliphatic heterocycles. The molecule has 2 heterocycles. The third kappa shape index (κ3) is 2.96. The summed E-state index contributed by atoms with van der Waals surface area (Å²) in [7, 11) is 0. The molecule has 29 heavy (non-hydrogen) atoms. The highest BCUT2D eigenvalue weighted by Gasteiger charge is 2.17.